The molecule has 6 heteroatoms. The number of fused-ring (bicyclic) bond motifs is 1. The number of hydrogen-bond acceptors (Lipinski definition) is 4. The lowest BCUT2D eigenvalue weighted by atomic mass is 9.95. The summed E-state index contributed by atoms with van der Waals surface area (Å²) in [5.41, 5.74) is 2.37. The molecule has 0 aromatic heterocycles. The fourth-order valence-electron chi connectivity index (χ4n) is 2.19. The van der Waals surface area contributed by atoms with Crippen molar-refractivity contribution in [3.63, 3.8) is 0 Å². The Kier molecular flexibility index (Phi) is 4.39. The molecule has 1 aliphatic rings. The van der Waals surface area contributed by atoms with E-state index in [2.05, 4.69) is 10.6 Å². The van der Waals surface area contributed by atoms with Gasteiger partial charge in [0.25, 0.3) is 0 Å². The van der Waals surface area contributed by atoms with Crippen molar-refractivity contribution in [3.05, 3.63) is 35.4 Å². The highest BCUT2D eigenvalue weighted by molar-refractivity contribution is 7.92. The molecule has 0 unspecified atom stereocenters. The number of hydrogen-bond donors (Lipinski definition) is 2. The summed E-state index contributed by atoms with van der Waals surface area (Å²) in [5, 5.41) is 5.94. The molecular formula is C15H22N2O3S. The molecule has 0 aliphatic carbocycles. The van der Waals surface area contributed by atoms with Crippen LogP contribution < -0.4 is 10.6 Å². The van der Waals surface area contributed by atoms with Gasteiger partial charge in [-0.1, -0.05) is 24.3 Å². The van der Waals surface area contributed by atoms with Crippen LogP contribution >= 0.6 is 0 Å². The van der Waals surface area contributed by atoms with Crippen molar-refractivity contribution in [2.75, 3.05) is 12.8 Å². The van der Waals surface area contributed by atoms with Gasteiger partial charge in [-0.15, -0.1) is 0 Å². The molecule has 0 fully saturated rings. The Balaban J connectivity index is 1.97. The van der Waals surface area contributed by atoms with Crippen molar-refractivity contribution >= 4 is 15.7 Å². The standard InChI is InChI=1S/C15H22N2O3S/c1-15(2,21(3,19)20)10-17-14(18)13-8-11-6-4-5-7-12(11)9-16-13/h4-7,13,16H,8-10H2,1-3H3,(H,17,18)/t13-/m0/s1. The van der Waals surface area contributed by atoms with E-state index in [0.717, 1.165) is 0 Å². The van der Waals surface area contributed by atoms with Gasteiger partial charge in [0.15, 0.2) is 9.84 Å². The monoisotopic (exact) mass is 310 g/mol. The zero-order chi connectivity index (χ0) is 15.7. The molecule has 2 rings (SSSR count). The Hall–Kier alpha value is -1.40. The minimum absolute atomic E-state index is 0.116. The molecule has 0 saturated carbocycles. The number of sulfone groups is 1. The van der Waals surface area contributed by atoms with E-state index >= 15 is 0 Å². The van der Waals surface area contributed by atoms with Crippen LogP contribution in [0, 0.1) is 0 Å². The van der Waals surface area contributed by atoms with Crippen LogP contribution in [0.15, 0.2) is 24.3 Å². The van der Waals surface area contributed by atoms with Gasteiger partial charge in [0.2, 0.25) is 5.91 Å². The third-order valence-electron chi connectivity index (χ3n) is 4.09. The van der Waals surface area contributed by atoms with Crippen molar-refractivity contribution in [1.29, 1.82) is 0 Å². The van der Waals surface area contributed by atoms with E-state index in [1.165, 1.54) is 17.4 Å². The molecule has 116 valence electrons. The van der Waals surface area contributed by atoms with Gasteiger partial charge in [0, 0.05) is 19.3 Å². The highest BCUT2D eigenvalue weighted by Gasteiger charge is 2.32. The Morgan fingerprint density at radius 3 is 2.57 bits per heavy atom. The van der Waals surface area contributed by atoms with Crippen molar-refractivity contribution in [1.82, 2.24) is 10.6 Å². The van der Waals surface area contributed by atoms with Crippen LogP contribution in [0.2, 0.25) is 0 Å². The average Bonchev–Trinajstić information content (AvgIpc) is 2.43. The van der Waals surface area contributed by atoms with Crippen LogP contribution in [0.4, 0.5) is 0 Å². The topological polar surface area (TPSA) is 75.3 Å². The number of amides is 1. The second kappa shape index (κ2) is 5.77. The number of carbonyl (C=O) groups is 1. The zero-order valence-corrected chi connectivity index (χ0v) is 13.5. The first-order chi connectivity index (χ1) is 9.71. The summed E-state index contributed by atoms with van der Waals surface area (Å²) in [7, 11) is -3.21. The molecule has 5 nitrogen and oxygen atoms in total. The van der Waals surface area contributed by atoms with Crippen molar-refractivity contribution in [3.8, 4) is 0 Å². The summed E-state index contributed by atoms with van der Waals surface area (Å²) < 4.78 is 22.3. The predicted octanol–water partition coefficient (Wildman–Crippen LogP) is 0.640. The number of rotatable bonds is 4. The highest BCUT2D eigenvalue weighted by atomic mass is 32.2. The van der Waals surface area contributed by atoms with E-state index in [0.29, 0.717) is 13.0 Å². The van der Waals surface area contributed by atoms with E-state index in [4.69, 9.17) is 0 Å². The molecule has 1 heterocycles. The normalized spacial score (nSPS) is 18.9. The molecular weight excluding hydrogens is 288 g/mol. The van der Waals surface area contributed by atoms with Crippen LogP contribution in [0.5, 0.6) is 0 Å². The number of nitrogens with one attached hydrogen (secondary N) is 2. The maximum atomic E-state index is 12.2. The van der Waals surface area contributed by atoms with Crippen LogP contribution in [0.1, 0.15) is 25.0 Å². The molecule has 1 atom stereocenters. The van der Waals surface area contributed by atoms with Crippen molar-refractivity contribution in [2.45, 2.75) is 37.6 Å². The van der Waals surface area contributed by atoms with E-state index in [1.54, 1.807) is 13.8 Å². The van der Waals surface area contributed by atoms with Gasteiger partial charge < -0.3 is 10.6 Å². The molecule has 0 spiro atoms. The fraction of sp³-hybridized carbons (Fsp3) is 0.533. The molecule has 1 aromatic rings. The van der Waals surface area contributed by atoms with E-state index in [9.17, 15) is 13.2 Å². The minimum atomic E-state index is -3.21. The Morgan fingerprint density at radius 1 is 1.33 bits per heavy atom. The lowest BCUT2D eigenvalue weighted by Crippen LogP contribution is -2.51. The first kappa shape index (κ1) is 16.0. The van der Waals surface area contributed by atoms with Crippen molar-refractivity contribution in [2.24, 2.45) is 0 Å². The molecule has 0 radical (unpaired) electrons. The van der Waals surface area contributed by atoms with Crippen LogP contribution in [0.3, 0.4) is 0 Å². The van der Waals surface area contributed by atoms with E-state index in [-0.39, 0.29) is 18.5 Å². The van der Waals surface area contributed by atoms with Gasteiger partial charge in [-0.2, -0.15) is 0 Å². The third kappa shape index (κ3) is 3.63. The van der Waals surface area contributed by atoms with Crippen molar-refractivity contribution < 1.29 is 13.2 Å². The van der Waals surface area contributed by atoms with E-state index in [1.807, 2.05) is 24.3 Å². The summed E-state index contributed by atoms with van der Waals surface area (Å²) in [4.78, 5) is 12.2. The number of benzene rings is 1. The quantitative estimate of drug-likeness (QED) is 0.856. The van der Waals surface area contributed by atoms with Crippen LogP contribution in [-0.4, -0.2) is 37.9 Å². The minimum Gasteiger partial charge on any atom is -0.353 e. The molecule has 1 aromatic carbocycles. The van der Waals surface area contributed by atoms with Crippen LogP contribution in [-0.2, 0) is 27.6 Å². The second-order valence-corrected chi connectivity index (χ2v) is 8.81. The summed E-state index contributed by atoms with van der Waals surface area (Å²) in [6.45, 7) is 4.01. The largest absolute Gasteiger partial charge is 0.353 e. The molecule has 1 aliphatic heterocycles. The summed E-state index contributed by atoms with van der Waals surface area (Å²) in [5.74, 6) is -0.152. The maximum absolute atomic E-state index is 12.2. The fourth-order valence-corrected chi connectivity index (χ4v) is 2.53. The first-order valence-electron chi connectivity index (χ1n) is 6.98. The maximum Gasteiger partial charge on any atom is 0.237 e. The first-order valence-corrected chi connectivity index (χ1v) is 8.87. The molecule has 0 bridgehead atoms. The smallest absolute Gasteiger partial charge is 0.237 e. The zero-order valence-electron chi connectivity index (χ0n) is 12.6. The molecule has 2 N–H and O–H groups in total. The van der Waals surface area contributed by atoms with E-state index < -0.39 is 14.6 Å². The lowest BCUT2D eigenvalue weighted by Gasteiger charge is -2.28. The molecule has 21 heavy (non-hydrogen) atoms. The summed E-state index contributed by atoms with van der Waals surface area (Å²) in [6.07, 6.45) is 1.82. The Morgan fingerprint density at radius 2 is 1.95 bits per heavy atom. The second-order valence-electron chi connectivity index (χ2n) is 6.16. The third-order valence-corrected chi connectivity index (χ3v) is 6.24. The molecule has 1 amide bonds. The van der Waals surface area contributed by atoms with Crippen LogP contribution in [0.25, 0.3) is 0 Å². The van der Waals surface area contributed by atoms with Gasteiger partial charge in [0.05, 0.1) is 10.8 Å². The van der Waals surface area contributed by atoms with Gasteiger partial charge in [-0.25, -0.2) is 8.42 Å². The lowest BCUT2D eigenvalue weighted by molar-refractivity contribution is -0.123. The van der Waals surface area contributed by atoms with Gasteiger partial charge in [0.1, 0.15) is 0 Å². The predicted molar refractivity (Wildman–Crippen MR) is 82.7 cm³/mol. The van der Waals surface area contributed by atoms with Gasteiger partial charge in [-0.3, -0.25) is 4.79 Å². The SMILES string of the molecule is CC(C)(CNC(=O)[C@@H]1Cc2ccccc2CN1)S(C)(=O)=O. The Labute approximate surface area is 126 Å². The summed E-state index contributed by atoms with van der Waals surface area (Å²) in [6, 6.07) is 7.71. The average molecular weight is 310 g/mol. The summed E-state index contributed by atoms with van der Waals surface area (Å²) >= 11 is 0. The molecule has 0 saturated heterocycles. The number of carbonyl (C=O) groups excluding carboxylic acids is 1. The highest BCUT2D eigenvalue weighted by Crippen LogP contribution is 2.17. The Bertz CT molecular complexity index is 638. The van der Waals surface area contributed by atoms with Gasteiger partial charge >= 0.3 is 0 Å². The van der Waals surface area contributed by atoms with Gasteiger partial charge in [-0.05, 0) is 31.4 Å².